The van der Waals surface area contributed by atoms with Crippen LogP contribution in [0.1, 0.15) is 126 Å². The van der Waals surface area contributed by atoms with Gasteiger partial charge in [-0.1, -0.05) is 123 Å². The second kappa shape index (κ2) is 51.9. The molecule has 718 valence electrons. The molecule has 0 aliphatic carbocycles. The Morgan fingerprint density at radius 3 is 1.31 bits per heavy atom. The molecule has 2 saturated heterocycles. The molecule has 0 atom stereocenters. The quantitative estimate of drug-likeness (QED) is 0.0205. The van der Waals surface area contributed by atoms with Gasteiger partial charge in [0, 0.05) is 123 Å². The number of hydrogen-bond acceptors (Lipinski definition) is 25. The summed E-state index contributed by atoms with van der Waals surface area (Å²) in [5, 5.41) is 73.3. The summed E-state index contributed by atoms with van der Waals surface area (Å²) in [6.45, 7) is 31.1. The molecular formula is C96H99Br4ClF5N21O7S3. The Labute approximate surface area is 840 Å². The number of carbonyl (C=O) groups is 4. The highest BCUT2D eigenvalue weighted by Gasteiger charge is 2.30. The number of aliphatic carboxylic acids is 2. The molecule has 8 heterocycles. The molecule has 14 aromatic rings. The summed E-state index contributed by atoms with van der Waals surface area (Å²) in [7, 11) is 3.85. The van der Waals surface area contributed by atoms with Crippen LogP contribution in [-0.2, 0) is 34.0 Å². The molecular weight excluding hydrogens is 2110 g/mol. The fourth-order valence-corrected chi connectivity index (χ4v) is 18.5. The van der Waals surface area contributed by atoms with E-state index in [0.717, 1.165) is 115 Å². The predicted octanol–water partition coefficient (Wildman–Crippen LogP) is 23.4. The molecule has 28 nitrogen and oxygen atoms in total. The van der Waals surface area contributed by atoms with E-state index in [-0.39, 0.29) is 34.7 Å². The lowest BCUT2D eigenvalue weighted by atomic mass is 10.1. The minimum Gasteiger partial charge on any atom is -0.473 e. The van der Waals surface area contributed by atoms with Crippen LogP contribution >= 0.6 is 109 Å². The van der Waals surface area contributed by atoms with Crippen molar-refractivity contribution < 1.29 is 56.1 Å². The molecule has 0 spiro atoms. The van der Waals surface area contributed by atoms with Crippen molar-refractivity contribution in [3.63, 3.8) is 0 Å². The number of ether oxygens (including phenoxy) is 1. The van der Waals surface area contributed by atoms with Gasteiger partial charge in [0.25, 0.3) is 0 Å². The molecule has 2 fully saturated rings. The first kappa shape index (κ1) is 110. The Bertz CT molecular complexity index is 6750. The lowest BCUT2D eigenvalue weighted by molar-refractivity contribution is -0.159. The van der Waals surface area contributed by atoms with E-state index in [1.54, 1.807) is 73.3 Å². The van der Waals surface area contributed by atoms with Crippen LogP contribution in [-0.4, -0.2) is 149 Å². The normalized spacial score (nSPS) is 11.8. The van der Waals surface area contributed by atoms with Crippen molar-refractivity contribution in [2.75, 3.05) is 80.3 Å². The smallest absolute Gasteiger partial charge is 0.414 e. The van der Waals surface area contributed by atoms with Crippen LogP contribution in [0, 0.1) is 109 Å². The van der Waals surface area contributed by atoms with Gasteiger partial charge in [0.15, 0.2) is 21.0 Å². The largest absolute Gasteiger partial charge is 0.473 e. The van der Waals surface area contributed by atoms with Crippen molar-refractivity contribution in [2.24, 2.45) is 5.84 Å². The molecule has 41 heteroatoms. The fraction of sp³-hybridized carbons (Fsp3) is 0.292. The third-order valence-electron chi connectivity index (χ3n) is 20.2. The predicted molar refractivity (Wildman–Crippen MR) is 546 cm³/mol. The fourth-order valence-electron chi connectivity index (χ4n) is 13.6. The Balaban J connectivity index is 0.000000208. The summed E-state index contributed by atoms with van der Waals surface area (Å²) in [4.78, 5) is 63.9. The number of anilines is 6. The van der Waals surface area contributed by atoms with E-state index in [1.807, 2.05) is 125 Å². The molecule has 8 N–H and O–H groups in total. The molecule has 6 aromatic heterocycles. The number of benzene rings is 8. The number of carboxylic acid groups (broad SMARTS) is 2. The maximum absolute atomic E-state index is 13.5. The molecule has 2 aliphatic heterocycles. The zero-order chi connectivity index (χ0) is 101. The van der Waals surface area contributed by atoms with Crippen LogP contribution in [0.4, 0.5) is 60.2 Å². The van der Waals surface area contributed by atoms with Crippen LogP contribution in [0.25, 0.3) is 66.5 Å². The molecule has 8 aromatic carbocycles. The number of nitrogens with two attached hydrogens (primary N) is 2. The number of rotatable bonds is 13. The molecule has 137 heavy (non-hydrogen) atoms. The summed E-state index contributed by atoms with van der Waals surface area (Å²) in [6.07, 6.45) is 4.44. The van der Waals surface area contributed by atoms with E-state index in [1.165, 1.54) is 104 Å². The summed E-state index contributed by atoms with van der Waals surface area (Å²) in [5.74, 6) is 1.81. The number of piperazine rings is 1. The number of piperidine rings is 1. The van der Waals surface area contributed by atoms with Gasteiger partial charge < -0.3 is 45.6 Å². The van der Waals surface area contributed by atoms with E-state index in [9.17, 15) is 42.1 Å². The van der Waals surface area contributed by atoms with Crippen molar-refractivity contribution in [3.8, 4) is 58.0 Å². The van der Waals surface area contributed by atoms with E-state index in [0.29, 0.717) is 120 Å². The molecule has 16 rings (SSSR count). The van der Waals surface area contributed by atoms with Crippen LogP contribution < -0.4 is 37.0 Å². The average Bonchev–Trinajstić information content (AvgIpc) is 1.63. The van der Waals surface area contributed by atoms with Gasteiger partial charge >= 0.3 is 18.0 Å². The number of carbonyl (C=O) groups excluding carboxylic acids is 2. The van der Waals surface area contributed by atoms with Gasteiger partial charge in [0.1, 0.15) is 108 Å². The third-order valence-corrected chi connectivity index (χ3v) is 25.2. The molecule has 0 unspecified atom stereocenters. The highest BCUT2D eigenvalue weighted by Crippen LogP contribution is 2.43. The number of aryl methyl sites for hydroxylation is 8. The summed E-state index contributed by atoms with van der Waals surface area (Å²) in [5.41, 5.74) is 19.9. The number of amides is 1. The lowest BCUT2D eigenvalue weighted by Crippen LogP contribution is -2.50. The van der Waals surface area contributed by atoms with Crippen molar-refractivity contribution in [2.45, 2.75) is 128 Å². The number of nitrogen functional groups attached to an aromatic ring is 1. The second-order valence-electron chi connectivity index (χ2n) is 31.2. The zero-order valence-electron chi connectivity index (χ0n) is 77.2. The minimum absolute atomic E-state index is 0.0804. The van der Waals surface area contributed by atoms with Gasteiger partial charge in [-0.3, -0.25) is 16.1 Å². The first-order valence-corrected chi connectivity index (χ1v) is 48.4. The average molecular weight is 2210 g/mol. The number of nitrogens with zero attached hydrogens (tertiary/aromatic N) is 17. The van der Waals surface area contributed by atoms with Crippen LogP contribution in [0.3, 0.4) is 0 Å². The van der Waals surface area contributed by atoms with Gasteiger partial charge in [-0.05, 0) is 263 Å². The summed E-state index contributed by atoms with van der Waals surface area (Å²) in [6, 6.07) is 44.7. The standard InChI is InChI=1S/C30H34FN7O2S.C21H17BrFN5S.C10H12BrN3.C10H4ClFN2S.C8H5BrFN.C8H6BrFO.C5H11N.C2H8N2.C2H2O4/c1-7-38-27(35(6)28-33-26(24(18-32)41-28)20-8-10-21(31)11-9-20)23-17-22(16-19(2)25(23)34-38)36-12-14-37(15-13-36)29(39)40-30(3,4)5;1-4-28-20(16-10-14(22)9-12(2)18(16)26-28)27(3)21-25-19(17(11-24)29-21)13-5-7-15(23)8-6-13;1-3-14-10(12)8-5-7(11)4-6(2)9(8)13-14;11-10-14-9(8(5-13)15-10)6-1-3-7(12)4-2-6;2*1-5-2-7(9)3-6(4-11)8(5)10;1-2-4-6-5-3-1;1-2-4-3;3-1(4)2(5)6/h8-11,16-17H,7,12-15H2,1-6H3;5-10H,4H2,1-3H3;4-5H,3,12H2,1-2H3;1-4H;2-3H,1H3;2-4H,1H3;6H,1-5H2;4H,2-3H2,1H3;(H,3,4)(H,5,6). The van der Waals surface area contributed by atoms with Gasteiger partial charge in [-0.2, -0.15) is 36.3 Å². The molecule has 2 aliphatic rings. The topological polar surface area (TPSA) is 394 Å². The van der Waals surface area contributed by atoms with Crippen molar-refractivity contribution in [1.29, 1.82) is 21.0 Å². The van der Waals surface area contributed by atoms with E-state index in [4.69, 9.17) is 78.4 Å². The molecule has 0 saturated carbocycles. The first-order valence-electron chi connectivity index (χ1n) is 42.4. The molecule has 0 bridgehead atoms. The minimum atomic E-state index is -1.82. The monoisotopic (exact) mass is 2200 g/mol. The highest BCUT2D eigenvalue weighted by molar-refractivity contribution is 9.11. The van der Waals surface area contributed by atoms with Gasteiger partial charge in [0.05, 0.1) is 27.7 Å². The number of halogens is 10. The van der Waals surface area contributed by atoms with E-state index < -0.39 is 29.2 Å². The maximum Gasteiger partial charge on any atom is 0.414 e. The van der Waals surface area contributed by atoms with Crippen molar-refractivity contribution >= 4 is 200 Å². The Morgan fingerprint density at radius 2 is 0.920 bits per heavy atom. The summed E-state index contributed by atoms with van der Waals surface area (Å²) < 4.78 is 80.4. The number of aldehydes is 1. The maximum atomic E-state index is 13.5. The number of thiazole rings is 3. The Hall–Kier alpha value is -12.2. The van der Waals surface area contributed by atoms with Crippen LogP contribution in [0.2, 0.25) is 4.47 Å². The lowest BCUT2D eigenvalue weighted by Gasteiger charge is -2.37. The number of nitriles is 4. The first-order chi connectivity index (χ1) is 65.1. The molecule has 1 amide bonds. The number of hydrazine groups is 1. The second-order valence-corrected chi connectivity index (χ2v) is 38.4. The molecule has 0 radical (unpaired) electrons. The van der Waals surface area contributed by atoms with E-state index in [2.05, 4.69) is 127 Å². The van der Waals surface area contributed by atoms with Crippen LogP contribution in [0.5, 0.6) is 0 Å². The van der Waals surface area contributed by atoms with Crippen molar-refractivity contribution in [1.82, 2.24) is 59.9 Å². The third kappa shape index (κ3) is 29.9. The van der Waals surface area contributed by atoms with Gasteiger partial charge in [-0.15, -0.1) is 0 Å². The zero-order valence-corrected chi connectivity index (χ0v) is 86.7. The SMILES string of the molecule is C1CCNCC1.CCNN.CCn1nc2c(C)cc(Br)cc2c1N.CCn1nc2c(C)cc(Br)cc2c1N(C)c1nc(-c2ccc(F)cc2)c(C#N)s1.CCn1nc2c(C)cc(N3CCN(C(=O)OC(C)(C)C)CC3)cc2c1N(C)c1nc(-c2ccc(F)cc2)c(C#N)s1.Cc1cc(Br)cc(C#N)c1F.Cc1cc(Br)cc(C=O)c1F.N#Cc1sc(Cl)nc1-c1ccc(F)cc1.O=C(O)C(=O)O. The van der Waals surface area contributed by atoms with Gasteiger partial charge in [-0.25, -0.2) is 65.3 Å². The Kier molecular flexibility index (Phi) is 41.7. The van der Waals surface area contributed by atoms with Gasteiger partial charge in [0.2, 0.25) is 0 Å². The number of aromatic nitrogens is 9. The highest BCUT2D eigenvalue weighted by atomic mass is 79.9. The number of hydrogen-bond donors (Lipinski definition) is 6. The van der Waals surface area contributed by atoms with Crippen molar-refractivity contribution in [3.05, 3.63) is 238 Å². The number of carboxylic acids is 2. The number of fused-ring (bicyclic) bond motifs is 3. The Morgan fingerprint density at radius 1 is 0.540 bits per heavy atom. The van der Waals surface area contributed by atoms with E-state index >= 15 is 0 Å². The summed E-state index contributed by atoms with van der Waals surface area (Å²) >= 11 is 22.8. The number of nitrogens with one attached hydrogen (secondary N) is 2. The van der Waals surface area contributed by atoms with Crippen LogP contribution in [0.15, 0.2) is 151 Å².